The zero-order valence-electron chi connectivity index (χ0n) is 15.7. The van der Waals surface area contributed by atoms with Crippen molar-refractivity contribution in [1.29, 1.82) is 0 Å². The molecular formula is C19H21F2N5O2. The van der Waals surface area contributed by atoms with Crippen LogP contribution in [0, 0.1) is 12.7 Å². The quantitative estimate of drug-likeness (QED) is 0.814. The molecule has 2 aromatic rings. The molecule has 148 valence electrons. The van der Waals surface area contributed by atoms with Gasteiger partial charge in [-0.1, -0.05) is 0 Å². The molecule has 0 fully saturated rings. The molecule has 9 heteroatoms. The van der Waals surface area contributed by atoms with Gasteiger partial charge in [0, 0.05) is 31.3 Å². The van der Waals surface area contributed by atoms with Gasteiger partial charge in [0.2, 0.25) is 0 Å². The van der Waals surface area contributed by atoms with E-state index in [1.807, 2.05) is 0 Å². The molecule has 0 saturated carbocycles. The van der Waals surface area contributed by atoms with E-state index in [2.05, 4.69) is 10.4 Å². The number of benzene rings is 1. The van der Waals surface area contributed by atoms with E-state index in [9.17, 15) is 18.4 Å². The summed E-state index contributed by atoms with van der Waals surface area (Å²) >= 11 is 0. The number of nitrogens with zero attached hydrogens (tertiary/aromatic N) is 4. The molecule has 0 bridgehead atoms. The second-order valence-electron chi connectivity index (χ2n) is 7.30. The summed E-state index contributed by atoms with van der Waals surface area (Å²) in [4.78, 5) is 28.3. The number of urea groups is 1. The normalized spacial score (nSPS) is 19.1. The lowest BCUT2D eigenvalue weighted by atomic mass is 10.0. The summed E-state index contributed by atoms with van der Waals surface area (Å²) in [5.41, 5.74) is 2.69. The minimum atomic E-state index is -1.18. The van der Waals surface area contributed by atoms with Gasteiger partial charge in [-0.15, -0.1) is 0 Å². The maximum absolute atomic E-state index is 14.1. The van der Waals surface area contributed by atoms with Crippen LogP contribution in [0.15, 0.2) is 18.2 Å². The number of hydrogen-bond donors (Lipinski definition) is 1. The van der Waals surface area contributed by atoms with Gasteiger partial charge in [-0.2, -0.15) is 5.10 Å². The molecule has 7 nitrogen and oxygen atoms in total. The molecule has 28 heavy (non-hydrogen) atoms. The molecule has 2 aliphatic rings. The first kappa shape index (κ1) is 18.4. The van der Waals surface area contributed by atoms with E-state index in [-0.39, 0.29) is 37.4 Å². The van der Waals surface area contributed by atoms with Crippen LogP contribution < -0.4 is 5.32 Å². The van der Waals surface area contributed by atoms with Gasteiger partial charge in [0.25, 0.3) is 5.91 Å². The van der Waals surface area contributed by atoms with Crippen molar-refractivity contribution in [3.63, 3.8) is 0 Å². The molecule has 1 unspecified atom stereocenters. The third-order valence-corrected chi connectivity index (χ3v) is 5.19. The molecular weight excluding hydrogens is 368 g/mol. The molecule has 2 aliphatic heterocycles. The number of nitrogens with one attached hydrogen (secondary N) is 1. The van der Waals surface area contributed by atoms with Gasteiger partial charge in [0.05, 0.1) is 25.3 Å². The van der Waals surface area contributed by atoms with Crippen molar-refractivity contribution >= 4 is 17.6 Å². The first-order valence-electron chi connectivity index (χ1n) is 9.13. The Kier molecular flexibility index (Phi) is 4.52. The van der Waals surface area contributed by atoms with Crippen LogP contribution in [0.1, 0.15) is 27.3 Å². The van der Waals surface area contributed by atoms with Crippen LogP contribution in [0.2, 0.25) is 0 Å². The van der Waals surface area contributed by atoms with Crippen LogP contribution in [0.4, 0.5) is 19.3 Å². The standard InChI is InChI=1S/C19H21F2N5O2/c1-11-7-13(3-4-15(11)21)22-19(28)25-6-5-16-14(10-25)17-18(27)24(2)8-12(20)9-26(17)23-16/h3-4,7,12H,5-6,8-10H2,1-2H3,(H,22,28). The van der Waals surface area contributed by atoms with Gasteiger partial charge in [-0.05, 0) is 30.7 Å². The number of amides is 3. The average molecular weight is 389 g/mol. The van der Waals surface area contributed by atoms with Crippen LogP contribution >= 0.6 is 0 Å². The fourth-order valence-electron chi connectivity index (χ4n) is 3.70. The maximum atomic E-state index is 14.1. The largest absolute Gasteiger partial charge is 0.337 e. The van der Waals surface area contributed by atoms with Crippen molar-refractivity contribution in [2.45, 2.75) is 32.6 Å². The Morgan fingerprint density at radius 1 is 1.32 bits per heavy atom. The first-order valence-corrected chi connectivity index (χ1v) is 9.13. The van der Waals surface area contributed by atoms with Crippen molar-refractivity contribution in [2.24, 2.45) is 0 Å². The molecule has 3 heterocycles. The summed E-state index contributed by atoms with van der Waals surface area (Å²) in [6.07, 6.45) is -0.697. The number of carbonyl (C=O) groups is 2. The van der Waals surface area contributed by atoms with E-state index in [4.69, 9.17) is 0 Å². The molecule has 0 aliphatic carbocycles. The van der Waals surface area contributed by atoms with Crippen LogP contribution in [-0.2, 0) is 19.5 Å². The van der Waals surface area contributed by atoms with Crippen molar-refractivity contribution in [3.8, 4) is 0 Å². The molecule has 1 N–H and O–H groups in total. The lowest BCUT2D eigenvalue weighted by Gasteiger charge is -2.27. The molecule has 1 atom stereocenters. The SMILES string of the molecule is Cc1cc(NC(=O)N2CCc3nn4c(c3C2)C(=O)N(C)CC(F)C4)ccc1F. The monoisotopic (exact) mass is 389 g/mol. The minimum absolute atomic E-state index is 0.0189. The lowest BCUT2D eigenvalue weighted by molar-refractivity contribution is 0.0767. The topological polar surface area (TPSA) is 70.5 Å². The van der Waals surface area contributed by atoms with E-state index < -0.39 is 6.17 Å². The number of rotatable bonds is 1. The summed E-state index contributed by atoms with van der Waals surface area (Å²) in [6, 6.07) is 4.03. The maximum Gasteiger partial charge on any atom is 0.322 e. The van der Waals surface area contributed by atoms with Crippen molar-refractivity contribution in [1.82, 2.24) is 19.6 Å². The molecule has 4 rings (SSSR count). The van der Waals surface area contributed by atoms with Gasteiger partial charge < -0.3 is 15.1 Å². The number of aromatic nitrogens is 2. The van der Waals surface area contributed by atoms with E-state index in [1.165, 1.54) is 21.7 Å². The number of aryl methyl sites for hydroxylation is 1. The Labute approximate surface area is 160 Å². The van der Waals surface area contributed by atoms with Gasteiger partial charge >= 0.3 is 6.03 Å². The summed E-state index contributed by atoms with van der Waals surface area (Å²) in [5.74, 6) is -0.623. The highest BCUT2D eigenvalue weighted by molar-refractivity contribution is 5.95. The predicted octanol–water partition coefficient (Wildman–Crippen LogP) is 2.34. The zero-order valence-corrected chi connectivity index (χ0v) is 15.7. The number of fused-ring (bicyclic) bond motifs is 3. The van der Waals surface area contributed by atoms with Gasteiger partial charge in [-0.25, -0.2) is 13.6 Å². The molecule has 1 aromatic heterocycles. The van der Waals surface area contributed by atoms with Crippen LogP contribution in [-0.4, -0.2) is 57.8 Å². The summed E-state index contributed by atoms with van der Waals surface area (Å²) < 4.78 is 28.9. The second-order valence-corrected chi connectivity index (χ2v) is 7.30. The summed E-state index contributed by atoms with van der Waals surface area (Å²) in [6.45, 7) is 2.32. The average Bonchev–Trinajstić information content (AvgIpc) is 2.95. The Balaban J connectivity index is 1.57. The zero-order chi connectivity index (χ0) is 20.0. The Hall–Kier alpha value is -2.97. The van der Waals surface area contributed by atoms with Gasteiger partial charge in [0.15, 0.2) is 0 Å². The smallest absolute Gasteiger partial charge is 0.322 e. The van der Waals surface area contributed by atoms with Crippen molar-refractivity contribution in [2.75, 3.05) is 25.5 Å². The lowest BCUT2D eigenvalue weighted by Crippen LogP contribution is -2.39. The van der Waals surface area contributed by atoms with Gasteiger partial charge in [-0.3, -0.25) is 9.48 Å². The van der Waals surface area contributed by atoms with E-state index in [0.717, 1.165) is 5.69 Å². The third-order valence-electron chi connectivity index (χ3n) is 5.19. The molecule has 0 saturated heterocycles. The Morgan fingerprint density at radius 2 is 2.11 bits per heavy atom. The highest BCUT2D eigenvalue weighted by atomic mass is 19.1. The molecule has 3 amide bonds. The van der Waals surface area contributed by atoms with Crippen molar-refractivity contribution in [3.05, 3.63) is 46.5 Å². The van der Waals surface area contributed by atoms with E-state index >= 15 is 0 Å². The molecule has 1 aromatic carbocycles. The van der Waals surface area contributed by atoms with Crippen LogP contribution in [0.25, 0.3) is 0 Å². The number of carbonyl (C=O) groups excluding carboxylic acids is 2. The fraction of sp³-hybridized carbons (Fsp3) is 0.421. The van der Waals surface area contributed by atoms with Crippen LogP contribution in [0.3, 0.4) is 0 Å². The number of anilines is 1. The third kappa shape index (κ3) is 3.21. The Bertz CT molecular complexity index is 958. The first-order chi connectivity index (χ1) is 13.3. The summed E-state index contributed by atoms with van der Waals surface area (Å²) in [5, 5.41) is 7.17. The van der Waals surface area contributed by atoms with E-state index in [0.29, 0.717) is 35.5 Å². The highest BCUT2D eigenvalue weighted by Gasteiger charge is 2.34. The van der Waals surface area contributed by atoms with Gasteiger partial charge in [0.1, 0.15) is 17.7 Å². The van der Waals surface area contributed by atoms with Crippen molar-refractivity contribution < 1.29 is 18.4 Å². The fourth-order valence-corrected chi connectivity index (χ4v) is 3.70. The van der Waals surface area contributed by atoms with E-state index in [1.54, 1.807) is 24.9 Å². The second kappa shape index (κ2) is 6.88. The number of halogens is 2. The minimum Gasteiger partial charge on any atom is -0.337 e. The molecule has 0 spiro atoms. The summed E-state index contributed by atoms with van der Waals surface area (Å²) in [7, 11) is 1.56. The predicted molar refractivity (Wildman–Crippen MR) is 98.4 cm³/mol. The van der Waals surface area contributed by atoms with Crippen LogP contribution in [0.5, 0.6) is 0 Å². The number of alkyl halides is 1. The number of hydrogen-bond acceptors (Lipinski definition) is 3. The molecule has 0 radical (unpaired) electrons. The highest BCUT2D eigenvalue weighted by Crippen LogP contribution is 2.26. The Morgan fingerprint density at radius 3 is 2.86 bits per heavy atom.